The van der Waals surface area contributed by atoms with Gasteiger partial charge in [-0.3, -0.25) is 14.3 Å². The Morgan fingerprint density at radius 2 is 2.33 bits per heavy atom. The standard InChI is InChI=1S/C12H17N3O3/c1-2-15-7-5-10(13-15)11(16)14-6-3-4-9(8-14)12(17)18/h5,7,9H,2-4,6,8H2,1H3,(H,17,18)/t9-/m0/s1. The molecule has 2 rings (SSSR count). The van der Waals surface area contributed by atoms with Crippen LogP contribution in [0.4, 0.5) is 0 Å². The first-order valence-corrected chi connectivity index (χ1v) is 6.17. The van der Waals surface area contributed by atoms with Crippen LogP contribution in [0.15, 0.2) is 12.3 Å². The van der Waals surface area contributed by atoms with Crippen molar-refractivity contribution in [3.05, 3.63) is 18.0 Å². The molecule has 0 bridgehead atoms. The summed E-state index contributed by atoms with van der Waals surface area (Å²) in [6, 6.07) is 1.68. The summed E-state index contributed by atoms with van der Waals surface area (Å²) in [6.45, 7) is 3.56. The van der Waals surface area contributed by atoms with Crippen LogP contribution >= 0.6 is 0 Å². The molecule has 0 unspecified atom stereocenters. The van der Waals surface area contributed by atoms with Crippen LogP contribution in [0.2, 0.25) is 0 Å². The van der Waals surface area contributed by atoms with Gasteiger partial charge in [-0.2, -0.15) is 5.10 Å². The normalized spacial score (nSPS) is 19.8. The molecule has 1 fully saturated rings. The van der Waals surface area contributed by atoms with Crippen molar-refractivity contribution < 1.29 is 14.7 Å². The van der Waals surface area contributed by atoms with Gasteiger partial charge in [0.1, 0.15) is 5.69 Å². The minimum atomic E-state index is -0.827. The number of hydrogen-bond donors (Lipinski definition) is 1. The molecular weight excluding hydrogens is 234 g/mol. The van der Waals surface area contributed by atoms with Gasteiger partial charge in [-0.25, -0.2) is 0 Å². The molecule has 6 heteroatoms. The molecule has 98 valence electrons. The van der Waals surface area contributed by atoms with E-state index in [9.17, 15) is 9.59 Å². The average Bonchev–Trinajstić information content (AvgIpc) is 2.86. The molecule has 1 aliphatic rings. The first-order chi connectivity index (χ1) is 8.61. The zero-order valence-corrected chi connectivity index (χ0v) is 10.4. The number of nitrogens with zero attached hydrogens (tertiary/aromatic N) is 3. The maximum atomic E-state index is 12.2. The molecule has 6 nitrogen and oxygen atoms in total. The second kappa shape index (κ2) is 5.20. The van der Waals surface area contributed by atoms with Gasteiger partial charge in [-0.1, -0.05) is 0 Å². The van der Waals surface area contributed by atoms with Crippen LogP contribution in [0.3, 0.4) is 0 Å². The van der Waals surface area contributed by atoms with Gasteiger partial charge in [0.2, 0.25) is 0 Å². The highest BCUT2D eigenvalue weighted by atomic mass is 16.4. The second-order valence-electron chi connectivity index (χ2n) is 4.49. The summed E-state index contributed by atoms with van der Waals surface area (Å²) in [6.07, 6.45) is 3.13. The molecule has 1 N–H and O–H groups in total. The van der Waals surface area contributed by atoms with E-state index in [4.69, 9.17) is 5.11 Å². The number of amides is 1. The van der Waals surface area contributed by atoms with Gasteiger partial charge in [0.25, 0.3) is 5.91 Å². The second-order valence-corrected chi connectivity index (χ2v) is 4.49. The highest BCUT2D eigenvalue weighted by molar-refractivity contribution is 5.92. The number of carbonyl (C=O) groups is 2. The monoisotopic (exact) mass is 251 g/mol. The van der Waals surface area contributed by atoms with Crippen molar-refractivity contribution in [2.45, 2.75) is 26.3 Å². The lowest BCUT2D eigenvalue weighted by atomic mass is 9.98. The summed E-state index contributed by atoms with van der Waals surface area (Å²) in [7, 11) is 0. The zero-order valence-electron chi connectivity index (χ0n) is 10.4. The third kappa shape index (κ3) is 2.52. The zero-order chi connectivity index (χ0) is 13.1. The number of piperidine rings is 1. The Morgan fingerprint density at radius 3 is 2.94 bits per heavy atom. The molecular formula is C12H17N3O3. The van der Waals surface area contributed by atoms with Gasteiger partial charge in [-0.05, 0) is 25.8 Å². The molecule has 0 saturated carbocycles. The number of carboxylic acids is 1. The van der Waals surface area contributed by atoms with Crippen LogP contribution in [0, 0.1) is 5.92 Å². The third-order valence-corrected chi connectivity index (χ3v) is 3.24. The highest BCUT2D eigenvalue weighted by Gasteiger charge is 2.29. The molecule has 0 aromatic carbocycles. The summed E-state index contributed by atoms with van der Waals surface area (Å²) in [5.41, 5.74) is 0.392. The molecule has 0 radical (unpaired) electrons. The molecule has 2 heterocycles. The van der Waals surface area contributed by atoms with E-state index in [0.29, 0.717) is 25.2 Å². The first-order valence-electron chi connectivity index (χ1n) is 6.17. The fourth-order valence-electron chi connectivity index (χ4n) is 2.18. The Labute approximate surface area is 105 Å². The average molecular weight is 251 g/mol. The van der Waals surface area contributed by atoms with Crippen molar-refractivity contribution >= 4 is 11.9 Å². The van der Waals surface area contributed by atoms with Crippen LogP contribution < -0.4 is 0 Å². The Morgan fingerprint density at radius 1 is 1.56 bits per heavy atom. The number of carbonyl (C=O) groups excluding carboxylic acids is 1. The number of carboxylic acid groups (broad SMARTS) is 1. The summed E-state index contributed by atoms with van der Waals surface area (Å²) >= 11 is 0. The SMILES string of the molecule is CCn1ccc(C(=O)N2CCC[C@H](C(=O)O)C2)n1. The predicted octanol–water partition coefficient (Wildman–Crippen LogP) is 0.840. The highest BCUT2D eigenvalue weighted by Crippen LogP contribution is 2.18. The maximum Gasteiger partial charge on any atom is 0.308 e. The van der Waals surface area contributed by atoms with E-state index in [1.807, 2.05) is 6.92 Å². The molecule has 1 aliphatic heterocycles. The van der Waals surface area contributed by atoms with Gasteiger partial charge in [-0.15, -0.1) is 0 Å². The summed E-state index contributed by atoms with van der Waals surface area (Å²) in [5.74, 6) is -1.45. The Kier molecular flexibility index (Phi) is 3.64. The van der Waals surface area contributed by atoms with Crippen LogP contribution in [-0.2, 0) is 11.3 Å². The number of aryl methyl sites for hydroxylation is 1. The van der Waals surface area contributed by atoms with Gasteiger partial charge in [0.05, 0.1) is 5.92 Å². The molecule has 18 heavy (non-hydrogen) atoms. The van der Waals surface area contributed by atoms with E-state index >= 15 is 0 Å². The van der Waals surface area contributed by atoms with Crippen LogP contribution in [-0.4, -0.2) is 44.8 Å². The van der Waals surface area contributed by atoms with Crippen molar-refractivity contribution in [2.24, 2.45) is 5.92 Å². The van der Waals surface area contributed by atoms with Crippen molar-refractivity contribution in [2.75, 3.05) is 13.1 Å². The molecule has 1 aromatic heterocycles. The topological polar surface area (TPSA) is 75.4 Å². The van der Waals surface area contributed by atoms with E-state index in [1.54, 1.807) is 21.8 Å². The third-order valence-electron chi connectivity index (χ3n) is 3.24. The van der Waals surface area contributed by atoms with Crippen molar-refractivity contribution in [1.82, 2.24) is 14.7 Å². The number of aromatic nitrogens is 2. The Hall–Kier alpha value is -1.85. The summed E-state index contributed by atoms with van der Waals surface area (Å²) < 4.78 is 1.69. The molecule has 1 aromatic rings. The summed E-state index contributed by atoms with van der Waals surface area (Å²) in [5, 5.41) is 13.1. The summed E-state index contributed by atoms with van der Waals surface area (Å²) in [4.78, 5) is 24.7. The fourth-order valence-corrected chi connectivity index (χ4v) is 2.18. The minimum Gasteiger partial charge on any atom is -0.481 e. The van der Waals surface area contributed by atoms with E-state index < -0.39 is 11.9 Å². The molecule has 1 saturated heterocycles. The first kappa shape index (κ1) is 12.6. The number of likely N-dealkylation sites (tertiary alicyclic amines) is 1. The lowest BCUT2D eigenvalue weighted by Gasteiger charge is -2.30. The Bertz CT molecular complexity index is 455. The van der Waals surface area contributed by atoms with Crippen molar-refractivity contribution in [1.29, 1.82) is 0 Å². The van der Waals surface area contributed by atoms with E-state index in [2.05, 4.69) is 5.10 Å². The Balaban J connectivity index is 2.06. The van der Waals surface area contributed by atoms with Gasteiger partial charge in [0, 0.05) is 25.8 Å². The molecule has 1 amide bonds. The van der Waals surface area contributed by atoms with Gasteiger partial charge in [0.15, 0.2) is 0 Å². The number of aliphatic carboxylic acids is 1. The van der Waals surface area contributed by atoms with E-state index in [-0.39, 0.29) is 12.5 Å². The van der Waals surface area contributed by atoms with Crippen molar-refractivity contribution in [3.8, 4) is 0 Å². The van der Waals surface area contributed by atoms with E-state index in [1.165, 1.54) is 0 Å². The van der Waals surface area contributed by atoms with Gasteiger partial charge >= 0.3 is 5.97 Å². The lowest BCUT2D eigenvalue weighted by Crippen LogP contribution is -2.42. The smallest absolute Gasteiger partial charge is 0.308 e. The maximum absolute atomic E-state index is 12.2. The van der Waals surface area contributed by atoms with Crippen LogP contribution in [0.25, 0.3) is 0 Å². The number of hydrogen-bond acceptors (Lipinski definition) is 3. The van der Waals surface area contributed by atoms with Gasteiger partial charge < -0.3 is 10.0 Å². The van der Waals surface area contributed by atoms with Crippen LogP contribution in [0.1, 0.15) is 30.3 Å². The molecule has 1 atom stereocenters. The van der Waals surface area contributed by atoms with Crippen molar-refractivity contribution in [3.63, 3.8) is 0 Å². The number of rotatable bonds is 3. The largest absolute Gasteiger partial charge is 0.481 e. The minimum absolute atomic E-state index is 0.173. The predicted molar refractivity (Wildman–Crippen MR) is 64.2 cm³/mol. The van der Waals surface area contributed by atoms with Crippen LogP contribution in [0.5, 0.6) is 0 Å². The molecule has 0 aliphatic carbocycles. The van der Waals surface area contributed by atoms with E-state index in [0.717, 1.165) is 6.42 Å². The lowest BCUT2D eigenvalue weighted by molar-refractivity contribution is -0.143. The quantitative estimate of drug-likeness (QED) is 0.863. The molecule has 0 spiro atoms. The fraction of sp³-hybridized carbons (Fsp3) is 0.583.